The molecule has 0 spiro atoms. The number of fused-ring (bicyclic) bond motifs is 1. The molecule has 1 atom stereocenters. The summed E-state index contributed by atoms with van der Waals surface area (Å²) in [5, 5.41) is 21.3. The maximum Gasteiger partial charge on any atom is 0.329 e. The van der Waals surface area contributed by atoms with Gasteiger partial charge in [-0.1, -0.05) is 12.1 Å². The Morgan fingerprint density at radius 2 is 2.28 bits per heavy atom. The van der Waals surface area contributed by atoms with Crippen molar-refractivity contribution in [1.29, 1.82) is 0 Å². The Morgan fingerprint density at radius 3 is 3.00 bits per heavy atom. The largest absolute Gasteiger partial charge is 0.480 e. The van der Waals surface area contributed by atoms with E-state index in [1.54, 1.807) is 0 Å². The van der Waals surface area contributed by atoms with Gasteiger partial charge in [-0.05, 0) is 32.8 Å². The summed E-state index contributed by atoms with van der Waals surface area (Å²) in [6.45, 7) is -0.423. The lowest BCUT2D eigenvalue weighted by Crippen LogP contribution is -2.12. The molecule has 1 heterocycles. The topological polar surface area (TPSA) is 66.8 Å². The van der Waals surface area contributed by atoms with Crippen molar-refractivity contribution in [2.45, 2.75) is 6.10 Å². The van der Waals surface area contributed by atoms with Crippen LogP contribution in [0.15, 0.2) is 28.1 Å². The van der Waals surface area contributed by atoms with E-state index in [-0.39, 0.29) is 6.61 Å². The number of aliphatic hydroxyl groups excluding tert-OH is 1. The number of hydrogen-bond acceptors (Lipinski definition) is 4. The lowest BCUT2D eigenvalue weighted by atomic mass is 10.1. The Morgan fingerprint density at radius 1 is 1.50 bits per heavy atom. The van der Waals surface area contributed by atoms with E-state index >= 15 is 0 Å². The standard InChI is InChI=1S/C12H11BrO4S/c13-9-3-1-2-7-8(6-18-12(7)9)10(14)4-17-5-11(15)16/h1-3,6,10,14H,4-5H2,(H,15,16). The number of carboxylic acid groups (broad SMARTS) is 1. The van der Waals surface area contributed by atoms with Gasteiger partial charge >= 0.3 is 5.97 Å². The molecule has 0 amide bonds. The van der Waals surface area contributed by atoms with Crippen LogP contribution in [0.25, 0.3) is 10.1 Å². The summed E-state index contributed by atoms with van der Waals surface area (Å²) in [6, 6.07) is 5.76. The highest BCUT2D eigenvalue weighted by atomic mass is 79.9. The quantitative estimate of drug-likeness (QED) is 0.884. The molecule has 1 aromatic carbocycles. The van der Waals surface area contributed by atoms with Crippen LogP contribution in [0.4, 0.5) is 0 Å². The van der Waals surface area contributed by atoms with Gasteiger partial charge < -0.3 is 14.9 Å². The third-order valence-corrected chi connectivity index (χ3v) is 4.41. The van der Waals surface area contributed by atoms with Gasteiger partial charge in [0.2, 0.25) is 0 Å². The number of aliphatic hydroxyl groups is 1. The van der Waals surface area contributed by atoms with Gasteiger partial charge in [0.15, 0.2) is 0 Å². The van der Waals surface area contributed by atoms with Gasteiger partial charge in [-0.25, -0.2) is 4.79 Å². The summed E-state index contributed by atoms with van der Waals surface area (Å²) in [6.07, 6.45) is -0.813. The minimum atomic E-state index is -1.04. The molecule has 0 aliphatic carbocycles. The van der Waals surface area contributed by atoms with Gasteiger partial charge in [0, 0.05) is 14.7 Å². The third kappa shape index (κ3) is 2.89. The number of rotatable bonds is 5. The first-order valence-corrected chi connectivity index (χ1v) is 6.90. The molecule has 2 rings (SSSR count). The highest BCUT2D eigenvalue weighted by molar-refractivity contribution is 9.10. The molecule has 1 aromatic heterocycles. The number of benzene rings is 1. The fourth-order valence-corrected chi connectivity index (χ4v) is 3.32. The zero-order chi connectivity index (χ0) is 13.1. The first-order chi connectivity index (χ1) is 8.59. The molecular formula is C12H11BrO4S. The predicted molar refractivity (Wildman–Crippen MR) is 72.9 cm³/mol. The van der Waals surface area contributed by atoms with Gasteiger partial charge in [0.1, 0.15) is 12.7 Å². The maximum atomic E-state index is 10.3. The summed E-state index contributed by atoms with van der Waals surface area (Å²) in [7, 11) is 0. The molecule has 1 unspecified atom stereocenters. The number of thiophene rings is 1. The van der Waals surface area contributed by atoms with Crippen LogP contribution in [0.5, 0.6) is 0 Å². The van der Waals surface area contributed by atoms with Gasteiger partial charge in [0.25, 0.3) is 0 Å². The van der Waals surface area contributed by atoms with E-state index in [9.17, 15) is 9.90 Å². The van der Waals surface area contributed by atoms with E-state index in [0.717, 1.165) is 20.1 Å². The lowest BCUT2D eigenvalue weighted by Gasteiger charge is -2.09. The fraction of sp³-hybridized carbons (Fsp3) is 0.250. The molecular weight excluding hydrogens is 320 g/mol. The molecule has 4 nitrogen and oxygen atoms in total. The van der Waals surface area contributed by atoms with Crippen LogP contribution in [0, 0.1) is 0 Å². The number of carboxylic acids is 1. The molecule has 0 radical (unpaired) electrons. The average molecular weight is 331 g/mol. The van der Waals surface area contributed by atoms with E-state index < -0.39 is 18.7 Å². The smallest absolute Gasteiger partial charge is 0.329 e. The van der Waals surface area contributed by atoms with Crippen LogP contribution in [0.1, 0.15) is 11.7 Å². The van der Waals surface area contributed by atoms with E-state index in [0.29, 0.717) is 0 Å². The number of carbonyl (C=O) groups is 1. The Balaban J connectivity index is 2.15. The molecule has 0 bridgehead atoms. The highest BCUT2D eigenvalue weighted by Gasteiger charge is 2.15. The molecule has 0 aliphatic rings. The second-order valence-electron chi connectivity index (χ2n) is 3.73. The van der Waals surface area contributed by atoms with Crippen molar-refractivity contribution in [2.75, 3.05) is 13.2 Å². The number of hydrogen-bond donors (Lipinski definition) is 2. The molecule has 0 fully saturated rings. The molecule has 2 aromatic rings. The van der Waals surface area contributed by atoms with Crippen molar-refractivity contribution in [3.8, 4) is 0 Å². The second kappa shape index (κ2) is 5.79. The Kier molecular flexibility index (Phi) is 4.34. The predicted octanol–water partition coefficient (Wildman–Crippen LogP) is 2.80. The SMILES string of the molecule is O=C(O)COCC(O)c1csc2c(Br)cccc12. The zero-order valence-corrected chi connectivity index (χ0v) is 11.7. The van der Waals surface area contributed by atoms with Crippen LogP contribution >= 0.6 is 27.3 Å². The lowest BCUT2D eigenvalue weighted by molar-refractivity contribution is -0.143. The third-order valence-electron chi connectivity index (χ3n) is 2.44. The van der Waals surface area contributed by atoms with Crippen LogP contribution in [-0.2, 0) is 9.53 Å². The molecule has 2 N–H and O–H groups in total. The van der Waals surface area contributed by atoms with E-state index in [1.807, 2.05) is 23.6 Å². The van der Waals surface area contributed by atoms with E-state index in [1.165, 1.54) is 11.3 Å². The van der Waals surface area contributed by atoms with Crippen molar-refractivity contribution >= 4 is 43.3 Å². The van der Waals surface area contributed by atoms with Crippen LogP contribution < -0.4 is 0 Å². The summed E-state index contributed by atoms with van der Waals surface area (Å²) in [4.78, 5) is 10.3. The summed E-state index contributed by atoms with van der Waals surface area (Å²) < 4.78 is 6.94. The summed E-state index contributed by atoms with van der Waals surface area (Å²) in [5.41, 5.74) is 0.765. The first-order valence-electron chi connectivity index (χ1n) is 5.23. The van der Waals surface area contributed by atoms with Crippen molar-refractivity contribution in [2.24, 2.45) is 0 Å². The normalized spacial score (nSPS) is 12.8. The molecule has 0 aliphatic heterocycles. The number of aliphatic carboxylic acids is 1. The molecule has 6 heteroatoms. The Labute approximate surface area is 116 Å². The number of ether oxygens (including phenoxy) is 1. The van der Waals surface area contributed by atoms with Crippen molar-refractivity contribution in [3.05, 3.63) is 33.6 Å². The molecule has 18 heavy (non-hydrogen) atoms. The highest BCUT2D eigenvalue weighted by Crippen LogP contribution is 2.35. The Hall–Kier alpha value is -0.950. The van der Waals surface area contributed by atoms with Gasteiger partial charge in [-0.2, -0.15) is 0 Å². The molecule has 0 saturated carbocycles. The van der Waals surface area contributed by atoms with Crippen molar-refractivity contribution in [3.63, 3.8) is 0 Å². The van der Waals surface area contributed by atoms with Gasteiger partial charge in [-0.3, -0.25) is 0 Å². The van der Waals surface area contributed by atoms with Crippen molar-refractivity contribution < 1.29 is 19.7 Å². The fourth-order valence-electron chi connectivity index (χ4n) is 1.65. The van der Waals surface area contributed by atoms with E-state index in [4.69, 9.17) is 9.84 Å². The monoisotopic (exact) mass is 330 g/mol. The molecule has 96 valence electrons. The summed E-state index contributed by atoms with van der Waals surface area (Å²) in [5.74, 6) is -1.04. The minimum Gasteiger partial charge on any atom is -0.480 e. The number of halogens is 1. The van der Waals surface area contributed by atoms with Crippen molar-refractivity contribution in [1.82, 2.24) is 0 Å². The van der Waals surface area contributed by atoms with Crippen LogP contribution in [-0.4, -0.2) is 29.4 Å². The van der Waals surface area contributed by atoms with Crippen LogP contribution in [0.3, 0.4) is 0 Å². The Bertz CT molecular complexity index is 566. The van der Waals surface area contributed by atoms with Crippen LogP contribution in [0.2, 0.25) is 0 Å². The summed E-state index contributed by atoms with van der Waals surface area (Å²) >= 11 is 4.98. The van der Waals surface area contributed by atoms with Gasteiger partial charge in [0.05, 0.1) is 6.61 Å². The second-order valence-corrected chi connectivity index (χ2v) is 5.47. The first kappa shape index (κ1) is 13.5. The molecule has 0 saturated heterocycles. The average Bonchev–Trinajstić information content (AvgIpc) is 2.73. The zero-order valence-electron chi connectivity index (χ0n) is 9.30. The maximum absolute atomic E-state index is 10.3. The minimum absolute atomic E-state index is 0.0232. The van der Waals surface area contributed by atoms with E-state index in [2.05, 4.69) is 15.9 Å². The van der Waals surface area contributed by atoms with Gasteiger partial charge in [-0.15, -0.1) is 11.3 Å².